The van der Waals surface area contributed by atoms with E-state index < -0.39 is 0 Å². The molecule has 0 spiro atoms. The second kappa shape index (κ2) is 9.09. The zero-order chi connectivity index (χ0) is 20.2. The molecule has 0 radical (unpaired) electrons. The Morgan fingerprint density at radius 2 is 2.28 bits per heavy atom. The first-order valence-electron chi connectivity index (χ1n) is 9.49. The van der Waals surface area contributed by atoms with Crippen molar-refractivity contribution < 1.29 is 9.53 Å². The number of nitrogens with zero attached hydrogens (tertiary/aromatic N) is 3. The number of carbonyl (C=O) groups excluding carboxylic acids is 1. The molecule has 6 nitrogen and oxygen atoms in total. The van der Waals surface area contributed by atoms with Gasteiger partial charge < -0.3 is 14.6 Å². The molecule has 1 aliphatic rings. The first-order chi connectivity index (χ1) is 14.1. The molecule has 3 aromatic heterocycles. The number of ether oxygens (including phenoxy) is 1. The molecule has 1 saturated heterocycles. The van der Waals surface area contributed by atoms with Crippen molar-refractivity contribution in [3.05, 3.63) is 57.6 Å². The number of amides is 1. The molecule has 1 N–H and O–H groups in total. The van der Waals surface area contributed by atoms with Crippen molar-refractivity contribution >= 4 is 45.8 Å². The van der Waals surface area contributed by atoms with E-state index in [2.05, 4.69) is 33.1 Å². The molecule has 0 saturated carbocycles. The molecule has 0 aromatic carbocycles. The van der Waals surface area contributed by atoms with Crippen LogP contribution >= 0.6 is 22.9 Å². The summed E-state index contributed by atoms with van der Waals surface area (Å²) in [5.74, 6) is 0.0995. The van der Waals surface area contributed by atoms with Crippen LogP contribution in [0.25, 0.3) is 17.0 Å². The number of aromatic nitrogens is 2. The SMILES string of the molecule is COC[C@H]1C(=O)N(Cc2cc3cnccc3[nH]2)CCN1CC=Cc1ccc(Cl)s1. The van der Waals surface area contributed by atoms with Crippen LogP contribution in [0.4, 0.5) is 0 Å². The lowest BCUT2D eigenvalue weighted by Crippen LogP contribution is -2.58. The Bertz CT molecular complexity index is 982. The highest BCUT2D eigenvalue weighted by Gasteiger charge is 2.34. The molecular weight excluding hydrogens is 408 g/mol. The van der Waals surface area contributed by atoms with E-state index in [1.165, 1.54) is 0 Å². The smallest absolute Gasteiger partial charge is 0.242 e. The summed E-state index contributed by atoms with van der Waals surface area (Å²) >= 11 is 7.52. The van der Waals surface area contributed by atoms with Gasteiger partial charge in [0.15, 0.2) is 0 Å². The van der Waals surface area contributed by atoms with Crippen molar-refractivity contribution in [1.82, 2.24) is 19.8 Å². The van der Waals surface area contributed by atoms with Gasteiger partial charge in [-0.2, -0.15) is 0 Å². The van der Waals surface area contributed by atoms with Crippen molar-refractivity contribution in [3.8, 4) is 0 Å². The van der Waals surface area contributed by atoms with E-state index in [0.29, 0.717) is 26.2 Å². The number of hydrogen-bond acceptors (Lipinski definition) is 5. The molecule has 4 rings (SSSR count). The van der Waals surface area contributed by atoms with Crippen molar-refractivity contribution in [2.75, 3.05) is 33.4 Å². The number of pyridine rings is 1. The van der Waals surface area contributed by atoms with E-state index in [1.807, 2.05) is 29.3 Å². The van der Waals surface area contributed by atoms with Crippen LogP contribution in [0.15, 0.2) is 42.7 Å². The minimum Gasteiger partial charge on any atom is -0.383 e. The number of H-pyrrole nitrogens is 1. The van der Waals surface area contributed by atoms with Crippen LogP contribution in [0.3, 0.4) is 0 Å². The molecule has 1 atom stereocenters. The molecule has 3 aromatic rings. The largest absolute Gasteiger partial charge is 0.383 e. The fourth-order valence-corrected chi connectivity index (χ4v) is 4.63. The average Bonchev–Trinajstić information content (AvgIpc) is 3.31. The van der Waals surface area contributed by atoms with Crippen LogP contribution in [0.1, 0.15) is 10.6 Å². The number of piperazine rings is 1. The Kier molecular flexibility index (Phi) is 6.30. The fourth-order valence-electron chi connectivity index (χ4n) is 3.64. The summed E-state index contributed by atoms with van der Waals surface area (Å²) in [5.41, 5.74) is 2.05. The number of carbonyl (C=O) groups is 1. The predicted molar refractivity (Wildman–Crippen MR) is 117 cm³/mol. The van der Waals surface area contributed by atoms with Gasteiger partial charge in [0.25, 0.3) is 0 Å². The van der Waals surface area contributed by atoms with Gasteiger partial charge in [0.05, 0.1) is 17.5 Å². The Labute approximate surface area is 178 Å². The zero-order valence-corrected chi connectivity index (χ0v) is 17.7. The first kappa shape index (κ1) is 20.1. The molecule has 152 valence electrons. The highest BCUT2D eigenvalue weighted by atomic mass is 35.5. The molecule has 1 fully saturated rings. The first-order valence-corrected chi connectivity index (χ1v) is 10.7. The number of halogens is 1. The van der Waals surface area contributed by atoms with E-state index in [0.717, 1.165) is 32.4 Å². The van der Waals surface area contributed by atoms with E-state index in [4.69, 9.17) is 16.3 Å². The van der Waals surface area contributed by atoms with Crippen molar-refractivity contribution in [2.45, 2.75) is 12.6 Å². The Morgan fingerprint density at radius 1 is 1.38 bits per heavy atom. The van der Waals surface area contributed by atoms with Gasteiger partial charge in [-0.3, -0.25) is 14.7 Å². The number of fused-ring (bicyclic) bond motifs is 1. The summed E-state index contributed by atoms with van der Waals surface area (Å²) in [6, 6.07) is 7.61. The minimum absolute atomic E-state index is 0.0995. The number of nitrogens with one attached hydrogen (secondary N) is 1. The Balaban J connectivity index is 1.42. The van der Waals surface area contributed by atoms with Crippen molar-refractivity contribution in [1.29, 1.82) is 0 Å². The van der Waals surface area contributed by atoms with Crippen LogP contribution in [0.5, 0.6) is 0 Å². The maximum Gasteiger partial charge on any atom is 0.242 e. The van der Waals surface area contributed by atoms with Crippen LogP contribution in [-0.4, -0.2) is 65.1 Å². The monoisotopic (exact) mass is 430 g/mol. The lowest BCUT2D eigenvalue weighted by Gasteiger charge is -2.39. The van der Waals surface area contributed by atoms with Gasteiger partial charge in [0, 0.05) is 60.6 Å². The summed E-state index contributed by atoms with van der Waals surface area (Å²) in [7, 11) is 1.64. The maximum absolute atomic E-state index is 13.1. The third-order valence-electron chi connectivity index (χ3n) is 5.07. The fraction of sp³-hybridized carbons (Fsp3) is 0.333. The molecule has 4 heterocycles. The Morgan fingerprint density at radius 3 is 3.03 bits per heavy atom. The molecule has 29 heavy (non-hydrogen) atoms. The summed E-state index contributed by atoms with van der Waals surface area (Å²) in [6.45, 7) is 3.12. The van der Waals surface area contributed by atoms with Crippen LogP contribution < -0.4 is 0 Å². The number of hydrogen-bond donors (Lipinski definition) is 1. The van der Waals surface area contributed by atoms with E-state index >= 15 is 0 Å². The topological polar surface area (TPSA) is 61.5 Å². The Hall–Kier alpha value is -2.19. The van der Waals surface area contributed by atoms with Gasteiger partial charge in [-0.05, 0) is 30.3 Å². The van der Waals surface area contributed by atoms with Gasteiger partial charge in [0.2, 0.25) is 5.91 Å². The molecule has 0 bridgehead atoms. The summed E-state index contributed by atoms with van der Waals surface area (Å²) in [6.07, 6.45) is 7.73. The number of thiophene rings is 1. The van der Waals surface area contributed by atoms with E-state index in [9.17, 15) is 4.79 Å². The quantitative estimate of drug-likeness (QED) is 0.621. The predicted octanol–water partition coefficient (Wildman–Crippen LogP) is 3.65. The molecule has 1 aliphatic heterocycles. The van der Waals surface area contributed by atoms with E-state index in [-0.39, 0.29) is 11.9 Å². The normalized spacial score (nSPS) is 18.3. The molecule has 8 heteroatoms. The molecule has 0 aliphatic carbocycles. The number of methoxy groups -OCH3 is 1. The van der Waals surface area contributed by atoms with Gasteiger partial charge in [-0.15, -0.1) is 11.3 Å². The molecular formula is C21H23ClN4O2S. The van der Waals surface area contributed by atoms with Crippen LogP contribution in [-0.2, 0) is 16.1 Å². The summed E-state index contributed by atoms with van der Waals surface area (Å²) in [5, 5.41) is 1.06. The van der Waals surface area contributed by atoms with E-state index in [1.54, 1.807) is 24.6 Å². The van der Waals surface area contributed by atoms with Crippen LogP contribution in [0, 0.1) is 0 Å². The van der Waals surface area contributed by atoms with Gasteiger partial charge in [-0.25, -0.2) is 0 Å². The molecule has 0 unspecified atom stereocenters. The standard InChI is InChI=1S/C21H23ClN4O2S/c1-28-14-19-21(27)26(13-16-11-15-12-23-7-6-18(15)24-16)10-9-25(19)8-2-3-17-4-5-20(22)29-17/h2-7,11-12,19,24H,8-10,13-14H2,1H3/t19-/m0/s1. The highest BCUT2D eigenvalue weighted by Crippen LogP contribution is 2.23. The number of rotatable bonds is 7. The van der Waals surface area contributed by atoms with Gasteiger partial charge in [0.1, 0.15) is 6.04 Å². The van der Waals surface area contributed by atoms with Crippen LogP contribution in [0.2, 0.25) is 4.34 Å². The third-order valence-corrected chi connectivity index (χ3v) is 6.27. The second-order valence-corrected chi connectivity index (χ2v) is 8.77. The highest BCUT2D eigenvalue weighted by molar-refractivity contribution is 7.16. The average molecular weight is 431 g/mol. The third kappa shape index (κ3) is 4.70. The van der Waals surface area contributed by atoms with Gasteiger partial charge >= 0.3 is 0 Å². The van der Waals surface area contributed by atoms with Gasteiger partial charge in [-0.1, -0.05) is 17.7 Å². The summed E-state index contributed by atoms with van der Waals surface area (Å²) < 4.78 is 6.13. The molecule has 1 amide bonds. The zero-order valence-electron chi connectivity index (χ0n) is 16.2. The van der Waals surface area contributed by atoms with Crippen molar-refractivity contribution in [3.63, 3.8) is 0 Å². The summed E-state index contributed by atoms with van der Waals surface area (Å²) in [4.78, 5) is 25.8. The van der Waals surface area contributed by atoms with Crippen molar-refractivity contribution in [2.24, 2.45) is 0 Å². The number of aromatic amines is 1. The maximum atomic E-state index is 13.1. The minimum atomic E-state index is -0.281. The second-order valence-electron chi connectivity index (χ2n) is 7.03. The lowest BCUT2D eigenvalue weighted by atomic mass is 10.1. The lowest BCUT2D eigenvalue weighted by molar-refractivity contribution is -0.144.